The highest BCUT2D eigenvalue weighted by molar-refractivity contribution is 7.23. The first kappa shape index (κ1) is 23.3. The second-order valence-electron chi connectivity index (χ2n) is 11.4. The lowest BCUT2D eigenvalue weighted by molar-refractivity contribution is 0.0636. The van der Waals surface area contributed by atoms with Gasteiger partial charge < -0.3 is 19.7 Å². The van der Waals surface area contributed by atoms with Crippen LogP contribution in [0.2, 0.25) is 0 Å². The highest BCUT2D eigenvalue weighted by Crippen LogP contribution is 2.46. The molecule has 3 aromatic heterocycles. The van der Waals surface area contributed by atoms with Crippen molar-refractivity contribution in [2.24, 2.45) is 0 Å². The van der Waals surface area contributed by atoms with Crippen LogP contribution in [-0.4, -0.2) is 58.0 Å². The second-order valence-corrected chi connectivity index (χ2v) is 12.4. The first-order valence-corrected chi connectivity index (χ1v) is 14.3. The number of rotatable bonds is 5. The van der Waals surface area contributed by atoms with Crippen LogP contribution < -0.4 is 15.5 Å². The molecule has 2 N–H and O–H groups in total. The Morgan fingerprint density at radius 3 is 2.75 bits per heavy atom. The summed E-state index contributed by atoms with van der Waals surface area (Å²) in [6, 6.07) is -1.23. The van der Waals surface area contributed by atoms with E-state index >= 15 is 13.2 Å². The van der Waals surface area contributed by atoms with Crippen LogP contribution in [0.25, 0.3) is 32.2 Å². The summed E-state index contributed by atoms with van der Waals surface area (Å²) in [6.45, 7) is -1.51. The third kappa shape index (κ3) is 5.29. The van der Waals surface area contributed by atoms with Gasteiger partial charge in [0.05, 0.1) is 48.0 Å². The fourth-order valence-corrected chi connectivity index (χ4v) is 6.49. The number of hydrogen-bond acceptors (Lipinski definition) is 10. The van der Waals surface area contributed by atoms with Crippen LogP contribution in [0.5, 0.6) is 0 Å². The number of anilines is 2. The van der Waals surface area contributed by atoms with Gasteiger partial charge in [-0.3, -0.25) is 10.3 Å². The highest BCUT2D eigenvalue weighted by atomic mass is 32.1. The van der Waals surface area contributed by atoms with Gasteiger partial charge in [-0.1, -0.05) is 13.7 Å². The van der Waals surface area contributed by atoms with Crippen LogP contribution in [0, 0.1) is 23.0 Å². The summed E-state index contributed by atoms with van der Waals surface area (Å²) in [5.41, 5.74) is -0.544. The zero-order valence-electron chi connectivity index (χ0n) is 29.7. The number of pyridine rings is 1. The van der Waals surface area contributed by atoms with Crippen molar-refractivity contribution < 1.29 is 35.7 Å². The monoisotopic (exact) mass is 631 g/mol. The third-order valence-electron chi connectivity index (χ3n) is 7.23. The Balaban J connectivity index is 1.44. The number of carbonyl (C=O) groups excluding carboxylic acids is 1. The zero-order valence-corrected chi connectivity index (χ0v) is 24.5. The minimum atomic E-state index is -2.94. The van der Waals surface area contributed by atoms with Gasteiger partial charge in [0.2, 0.25) is 5.95 Å². The van der Waals surface area contributed by atoms with Crippen LogP contribution in [0.1, 0.15) is 59.4 Å². The maximum atomic E-state index is 16.9. The molecular weight excluding hydrogens is 595 g/mol. The normalized spacial score (nSPS) is 20.9. The van der Waals surface area contributed by atoms with Gasteiger partial charge >= 0.3 is 6.09 Å². The van der Waals surface area contributed by atoms with Gasteiger partial charge in [-0.05, 0) is 31.9 Å². The standard InChI is InChI=1S/C30H30F3N7O3S/c1-13(2)37-20-10-40(9-19(20)32)28-36-7-15-16-11-42-12-17(16)21(23(33)24(15)38-28)25-22-14(6-34)27(39-29(41)43-30(3,4)5)44-26(22)18(31)8-35-25/h7-8,13,19-20,37H,9-12H2,1-5H3,(H,39,41)/t19-,20-/m0/s1/i1D3,2D3. The van der Waals surface area contributed by atoms with Crippen LogP contribution >= 0.6 is 11.3 Å². The number of aromatic nitrogens is 3. The Kier molecular flexibility index (Phi) is 5.91. The summed E-state index contributed by atoms with van der Waals surface area (Å²) < 4.78 is 104. The molecule has 6 rings (SSSR count). The van der Waals surface area contributed by atoms with E-state index in [-0.39, 0.29) is 75.1 Å². The molecule has 2 atom stereocenters. The molecule has 1 amide bonds. The molecule has 0 spiro atoms. The number of amides is 1. The molecule has 5 heterocycles. The van der Waals surface area contributed by atoms with E-state index in [4.69, 9.17) is 17.7 Å². The molecule has 2 aliphatic rings. The minimum absolute atomic E-state index is 0.0270. The zero-order chi connectivity index (χ0) is 36.5. The van der Waals surface area contributed by atoms with E-state index in [0.29, 0.717) is 11.1 Å². The summed E-state index contributed by atoms with van der Waals surface area (Å²) in [5, 5.41) is 15.3. The number of nitrogens with one attached hydrogen (secondary N) is 2. The molecule has 2 aliphatic heterocycles. The summed E-state index contributed by atoms with van der Waals surface area (Å²) >= 11 is 0.760. The molecule has 44 heavy (non-hydrogen) atoms. The van der Waals surface area contributed by atoms with Gasteiger partial charge in [-0.25, -0.2) is 27.9 Å². The molecule has 1 saturated heterocycles. The van der Waals surface area contributed by atoms with Gasteiger partial charge in [-0.15, -0.1) is 11.3 Å². The lowest BCUT2D eigenvalue weighted by Crippen LogP contribution is -2.41. The smallest absolute Gasteiger partial charge is 0.412 e. The van der Waals surface area contributed by atoms with Crippen molar-refractivity contribution in [2.45, 2.75) is 71.5 Å². The first-order chi connectivity index (χ1) is 23.3. The summed E-state index contributed by atoms with van der Waals surface area (Å²) in [7, 11) is 0. The summed E-state index contributed by atoms with van der Waals surface area (Å²) in [5.74, 6) is -1.82. The lowest BCUT2D eigenvalue weighted by atomic mass is 9.94. The fourth-order valence-electron chi connectivity index (χ4n) is 5.45. The molecule has 0 radical (unpaired) electrons. The third-order valence-corrected chi connectivity index (χ3v) is 8.35. The van der Waals surface area contributed by atoms with Crippen molar-refractivity contribution in [1.82, 2.24) is 20.3 Å². The number of ether oxygens (including phenoxy) is 2. The van der Waals surface area contributed by atoms with E-state index in [0.717, 1.165) is 17.5 Å². The van der Waals surface area contributed by atoms with Crippen molar-refractivity contribution in [3.63, 3.8) is 0 Å². The van der Waals surface area contributed by atoms with Crippen LogP contribution in [0.4, 0.5) is 28.9 Å². The fraction of sp³-hybridized carbons (Fsp3) is 0.433. The number of alkyl halides is 1. The number of hydrogen-bond donors (Lipinski definition) is 2. The Bertz CT molecular complexity index is 2050. The number of benzene rings is 1. The first-order valence-electron chi connectivity index (χ1n) is 16.5. The average molecular weight is 632 g/mol. The van der Waals surface area contributed by atoms with Gasteiger partial charge in [0.25, 0.3) is 0 Å². The van der Waals surface area contributed by atoms with E-state index in [1.807, 2.05) is 6.07 Å². The van der Waals surface area contributed by atoms with E-state index in [1.54, 1.807) is 20.8 Å². The molecule has 0 saturated carbocycles. The molecule has 14 heteroatoms. The number of fused-ring (bicyclic) bond motifs is 4. The maximum Gasteiger partial charge on any atom is 0.412 e. The predicted octanol–water partition coefficient (Wildman–Crippen LogP) is 5.96. The molecule has 4 aromatic rings. The topological polar surface area (TPSA) is 125 Å². The quantitative estimate of drug-likeness (QED) is 0.275. The van der Waals surface area contributed by atoms with Gasteiger partial charge in [-0.2, -0.15) is 5.26 Å². The average Bonchev–Trinajstić information content (AvgIpc) is 3.72. The van der Waals surface area contributed by atoms with Crippen LogP contribution in [0.15, 0.2) is 12.4 Å². The summed E-state index contributed by atoms with van der Waals surface area (Å²) in [6.07, 6.45) is -0.359. The largest absolute Gasteiger partial charge is 0.444 e. The molecule has 1 fully saturated rings. The van der Waals surface area contributed by atoms with Gasteiger partial charge in [0.1, 0.15) is 28.4 Å². The second kappa shape index (κ2) is 11.1. The number of nitrogens with zero attached hydrogens (tertiary/aromatic N) is 5. The van der Waals surface area contributed by atoms with Crippen LogP contribution in [0.3, 0.4) is 0 Å². The minimum Gasteiger partial charge on any atom is -0.444 e. The van der Waals surface area contributed by atoms with E-state index in [1.165, 1.54) is 11.1 Å². The van der Waals surface area contributed by atoms with Gasteiger partial charge in [0.15, 0.2) is 11.6 Å². The molecule has 0 unspecified atom stereocenters. The van der Waals surface area contributed by atoms with Gasteiger partial charge in [0, 0.05) is 43.3 Å². The number of halogens is 3. The maximum absolute atomic E-state index is 16.9. The van der Waals surface area contributed by atoms with Crippen LogP contribution in [-0.2, 0) is 22.7 Å². The van der Waals surface area contributed by atoms with Crippen molar-refractivity contribution in [2.75, 3.05) is 23.3 Å². The Labute approximate surface area is 263 Å². The van der Waals surface area contributed by atoms with Crippen molar-refractivity contribution in [3.8, 4) is 17.3 Å². The lowest BCUT2D eigenvalue weighted by Gasteiger charge is -2.19. The Hall–Kier alpha value is -4.06. The molecule has 10 nitrogen and oxygen atoms in total. The predicted molar refractivity (Wildman–Crippen MR) is 160 cm³/mol. The van der Waals surface area contributed by atoms with E-state index in [2.05, 4.69) is 25.6 Å². The molecule has 1 aromatic carbocycles. The van der Waals surface area contributed by atoms with Crippen molar-refractivity contribution in [1.29, 1.82) is 5.26 Å². The van der Waals surface area contributed by atoms with E-state index in [9.17, 15) is 10.1 Å². The highest BCUT2D eigenvalue weighted by Gasteiger charge is 2.36. The Morgan fingerprint density at radius 2 is 2.02 bits per heavy atom. The SMILES string of the molecule is [2H]C([2H])([2H])C(N[C@H]1CN(c2ncc3c4c(c(-c5ncc(F)c6sc(NC(=O)OC(C)(C)C)c(C#N)c56)c(F)c3n2)COC4)C[C@@H]1F)C([2H])([2H])[2H]. The molecule has 0 aliphatic carbocycles. The van der Waals surface area contributed by atoms with Crippen molar-refractivity contribution in [3.05, 3.63) is 40.7 Å². The van der Waals surface area contributed by atoms with Crippen molar-refractivity contribution >= 4 is 49.4 Å². The van der Waals surface area contributed by atoms with E-state index < -0.39 is 55.3 Å². The molecular formula is C30H30F3N7O3S. The molecule has 230 valence electrons. The summed E-state index contributed by atoms with van der Waals surface area (Å²) in [4.78, 5) is 26.9. The number of nitriles is 1. The number of thiophene rings is 1. The Morgan fingerprint density at radius 1 is 1.25 bits per heavy atom. The molecule has 0 bridgehead atoms. The number of carbonyl (C=O) groups is 1.